The summed E-state index contributed by atoms with van der Waals surface area (Å²) in [7, 11) is 0. The van der Waals surface area contributed by atoms with E-state index in [0.717, 1.165) is 19.3 Å². The third-order valence-corrected chi connectivity index (χ3v) is 5.40. The third-order valence-electron chi connectivity index (χ3n) is 5.40. The molecule has 0 saturated carbocycles. The van der Waals surface area contributed by atoms with Crippen LogP contribution >= 0.6 is 0 Å². The summed E-state index contributed by atoms with van der Waals surface area (Å²) in [5.74, 6) is 0.936. The molecular weight excluding hydrogens is 318 g/mol. The highest BCUT2D eigenvalue weighted by Crippen LogP contribution is 2.29. The molecule has 0 bridgehead atoms. The summed E-state index contributed by atoms with van der Waals surface area (Å²) in [6, 6.07) is -0.0404. The molecular formula is C19H31N3O3. The topological polar surface area (TPSA) is 75.4 Å². The molecule has 25 heavy (non-hydrogen) atoms. The fourth-order valence-corrected chi connectivity index (χ4v) is 3.12. The summed E-state index contributed by atoms with van der Waals surface area (Å²) in [6.07, 6.45) is 2.42. The minimum Gasteiger partial charge on any atom is -0.435 e. The second-order valence-electron chi connectivity index (χ2n) is 7.60. The van der Waals surface area contributed by atoms with Gasteiger partial charge in [0.1, 0.15) is 0 Å². The molecule has 0 aliphatic carbocycles. The SMILES string of the molecule is CCC(C)(CC)C(=O)N1CC[C@H](NC(=O)c2oc(C(C)C)nc2C)C1. The van der Waals surface area contributed by atoms with Gasteiger partial charge in [0.05, 0.1) is 5.69 Å². The summed E-state index contributed by atoms with van der Waals surface area (Å²) in [5, 5.41) is 2.99. The van der Waals surface area contributed by atoms with Crippen LogP contribution in [0.3, 0.4) is 0 Å². The van der Waals surface area contributed by atoms with Crippen molar-refractivity contribution in [3.05, 3.63) is 17.3 Å². The van der Waals surface area contributed by atoms with Crippen LogP contribution in [0.15, 0.2) is 4.42 Å². The first kappa shape index (κ1) is 19.5. The van der Waals surface area contributed by atoms with E-state index in [1.807, 2.05) is 25.7 Å². The average molecular weight is 349 g/mol. The highest BCUT2D eigenvalue weighted by Gasteiger charge is 2.37. The van der Waals surface area contributed by atoms with Crippen LogP contribution in [0.2, 0.25) is 0 Å². The molecule has 2 heterocycles. The Morgan fingerprint density at radius 1 is 1.36 bits per heavy atom. The number of hydrogen-bond donors (Lipinski definition) is 1. The maximum atomic E-state index is 12.7. The maximum absolute atomic E-state index is 12.7. The molecule has 1 atom stereocenters. The van der Waals surface area contributed by atoms with Crippen molar-refractivity contribution in [2.45, 2.75) is 72.8 Å². The molecule has 140 valence electrons. The largest absolute Gasteiger partial charge is 0.435 e. The molecule has 2 rings (SSSR count). The van der Waals surface area contributed by atoms with Gasteiger partial charge in [-0.05, 0) is 26.2 Å². The van der Waals surface area contributed by atoms with Gasteiger partial charge in [0, 0.05) is 30.5 Å². The van der Waals surface area contributed by atoms with E-state index in [1.165, 1.54) is 0 Å². The number of carbonyl (C=O) groups excluding carboxylic acids is 2. The first-order valence-electron chi connectivity index (χ1n) is 9.29. The fraction of sp³-hybridized carbons (Fsp3) is 0.737. The lowest BCUT2D eigenvalue weighted by Crippen LogP contribution is -2.43. The predicted molar refractivity (Wildman–Crippen MR) is 96.5 cm³/mol. The molecule has 1 N–H and O–H groups in total. The highest BCUT2D eigenvalue weighted by molar-refractivity contribution is 5.92. The van der Waals surface area contributed by atoms with E-state index >= 15 is 0 Å². The number of nitrogens with zero attached hydrogens (tertiary/aromatic N) is 2. The van der Waals surface area contributed by atoms with E-state index < -0.39 is 0 Å². The number of amides is 2. The van der Waals surface area contributed by atoms with E-state index in [2.05, 4.69) is 24.1 Å². The molecule has 1 aliphatic heterocycles. The minimum absolute atomic E-state index is 0.0404. The van der Waals surface area contributed by atoms with Gasteiger partial charge in [0.25, 0.3) is 5.91 Å². The van der Waals surface area contributed by atoms with Crippen molar-refractivity contribution >= 4 is 11.8 Å². The Balaban J connectivity index is 1.99. The molecule has 0 radical (unpaired) electrons. The highest BCUT2D eigenvalue weighted by atomic mass is 16.4. The average Bonchev–Trinajstić information content (AvgIpc) is 3.20. The first-order valence-corrected chi connectivity index (χ1v) is 9.29. The zero-order chi connectivity index (χ0) is 18.8. The van der Waals surface area contributed by atoms with Crippen LogP contribution in [0.1, 0.15) is 81.9 Å². The van der Waals surface area contributed by atoms with E-state index in [1.54, 1.807) is 6.92 Å². The molecule has 0 unspecified atom stereocenters. The zero-order valence-electron chi connectivity index (χ0n) is 16.3. The molecule has 1 aromatic heterocycles. The number of rotatable bonds is 6. The summed E-state index contributed by atoms with van der Waals surface area (Å²) in [5.41, 5.74) is 0.295. The van der Waals surface area contributed by atoms with Gasteiger partial charge < -0.3 is 14.6 Å². The number of oxazole rings is 1. The molecule has 2 amide bonds. The van der Waals surface area contributed by atoms with E-state index in [9.17, 15) is 9.59 Å². The molecule has 6 nitrogen and oxygen atoms in total. The van der Waals surface area contributed by atoms with Gasteiger partial charge in [0.15, 0.2) is 5.89 Å². The molecule has 0 aromatic carbocycles. The normalized spacial score (nSPS) is 18.0. The number of nitrogens with one attached hydrogen (secondary N) is 1. The van der Waals surface area contributed by atoms with Crippen LogP contribution < -0.4 is 5.32 Å². The number of carbonyl (C=O) groups is 2. The lowest BCUT2D eigenvalue weighted by atomic mass is 9.83. The number of aromatic nitrogens is 1. The van der Waals surface area contributed by atoms with Crippen LogP contribution in [0, 0.1) is 12.3 Å². The van der Waals surface area contributed by atoms with Crippen LogP contribution in [0.5, 0.6) is 0 Å². The monoisotopic (exact) mass is 349 g/mol. The Bertz CT molecular complexity index is 632. The predicted octanol–water partition coefficient (Wildman–Crippen LogP) is 3.26. The van der Waals surface area contributed by atoms with E-state index in [-0.39, 0.29) is 34.9 Å². The van der Waals surface area contributed by atoms with Gasteiger partial charge in [-0.25, -0.2) is 4.98 Å². The molecule has 1 aromatic rings. The molecule has 0 spiro atoms. The molecule has 1 saturated heterocycles. The lowest BCUT2D eigenvalue weighted by molar-refractivity contribution is -0.140. The fourth-order valence-electron chi connectivity index (χ4n) is 3.12. The molecule has 1 aliphatic rings. The van der Waals surface area contributed by atoms with Gasteiger partial charge in [-0.1, -0.05) is 34.6 Å². The maximum Gasteiger partial charge on any atom is 0.289 e. The van der Waals surface area contributed by atoms with Crippen molar-refractivity contribution in [3.63, 3.8) is 0 Å². The van der Waals surface area contributed by atoms with Gasteiger partial charge in [0.2, 0.25) is 11.7 Å². The Morgan fingerprint density at radius 2 is 2.00 bits per heavy atom. The Morgan fingerprint density at radius 3 is 2.52 bits per heavy atom. The molecule has 1 fully saturated rings. The summed E-state index contributed by atoms with van der Waals surface area (Å²) in [4.78, 5) is 31.4. The number of aryl methyl sites for hydroxylation is 1. The van der Waals surface area contributed by atoms with Crippen molar-refractivity contribution in [1.82, 2.24) is 15.2 Å². The lowest BCUT2D eigenvalue weighted by Gasteiger charge is -2.30. The Labute approximate surface area is 150 Å². The Kier molecular flexibility index (Phi) is 5.91. The summed E-state index contributed by atoms with van der Waals surface area (Å²) >= 11 is 0. The smallest absolute Gasteiger partial charge is 0.289 e. The van der Waals surface area contributed by atoms with Crippen molar-refractivity contribution in [3.8, 4) is 0 Å². The van der Waals surface area contributed by atoms with Gasteiger partial charge in [-0.15, -0.1) is 0 Å². The molecule has 6 heteroatoms. The van der Waals surface area contributed by atoms with Crippen LogP contribution in [-0.2, 0) is 4.79 Å². The second kappa shape index (κ2) is 7.58. The summed E-state index contributed by atoms with van der Waals surface area (Å²) < 4.78 is 5.61. The first-order chi connectivity index (χ1) is 11.7. The van der Waals surface area contributed by atoms with Crippen molar-refractivity contribution in [2.24, 2.45) is 5.41 Å². The Hall–Kier alpha value is -1.85. The van der Waals surface area contributed by atoms with E-state index in [4.69, 9.17) is 4.42 Å². The number of likely N-dealkylation sites (tertiary alicyclic amines) is 1. The van der Waals surface area contributed by atoms with Gasteiger partial charge >= 0.3 is 0 Å². The summed E-state index contributed by atoms with van der Waals surface area (Å²) in [6.45, 7) is 13.1. The standard InChI is InChI=1S/C19H31N3O3/c1-7-19(6,8-2)18(24)22-10-9-14(11-22)21-16(23)15-13(5)20-17(25-15)12(3)4/h12,14H,7-11H2,1-6H3,(H,21,23)/t14-/m0/s1. The minimum atomic E-state index is -0.313. The number of hydrogen-bond acceptors (Lipinski definition) is 4. The zero-order valence-corrected chi connectivity index (χ0v) is 16.3. The van der Waals surface area contributed by atoms with E-state index in [0.29, 0.717) is 24.7 Å². The van der Waals surface area contributed by atoms with Crippen LogP contribution in [-0.4, -0.2) is 40.8 Å². The second-order valence-corrected chi connectivity index (χ2v) is 7.60. The van der Waals surface area contributed by atoms with Crippen LogP contribution in [0.25, 0.3) is 0 Å². The van der Waals surface area contributed by atoms with Gasteiger partial charge in [-0.2, -0.15) is 0 Å². The van der Waals surface area contributed by atoms with Gasteiger partial charge in [-0.3, -0.25) is 9.59 Å². The van der Waals surface area contributed by atoms with Crippen molar-refractivity contribution in [2.75, 3.05) is 13.1 Å². The third kappa shape index (κ3) is 4.05. The van der Waals surface area contributed by atoms with Crippen LogP contribution in [0.4, 0.5) is 0 Å². The van der Waals surface area contributed by atoms with Crippen molar-refractivity contribution in [1.29, 1.82) is 0 Å². The van der Waals surface area contributed by atoms with Crippen molar-refractivity contribution < 1.29 is 14.0 Å². The quantitative estimate of drug-likeness (QED) is 0.855.